The zero-order valence-electron chi connectivity index (χ0n) is 17.5. The first-order chi connectivity index (χ1) is 15.0. The van der Waals surface area contributed by atoms with E-state index >= 15 is 0 Å². The molecule has 0 radical (unpaired) electrons. The Labute approximate surface area is 181 Å². The molecule has 1 aliphatic heterocycles. The Kier molecular flexibility index (Phi) is 5.67. The van der Waals surface area contributed by atoms with Crippen LogP contribution in [-0.2, 0) is 22.6 Å². The Morgan fingerprint density at radius 3 is 2.03 bits per heavy atom. The molecule has 31 heavy (non-hydrogen) atoms. The van der Waals surface area contributed by atoms with E-state index in [1.54, 1.807) is 12.1 Å². The van der Waals surface area contributed by atoms with Gasteiger partial charge < -0.3 is 5.32 Å². The van der Waals surface area contributed by atoms with E-state index in [9.17, 15) is 14.0 Å². The molecule has 0 bridgehead atoms. The smallest absolute Gasteiger partial charge is 0.278 e. The quantitative estimate of drug-likeness (QED) is 0.572. The first kappa shape index (κ1) is 20.5. The van der Waals surface area contributed by atoms with Crippen LogP contribution in [0.2, 0.25) is 0 Å². The van der Waals surface area contributed by atoms with Gasteiger partial charge in [0.2, 0.25) is 0 Å². The highest BCUT2D eigenvalue weighted by molar-refractivity contribution is 6.36. The average Bonchev–Trinajstić information content (AvgIpc) is 3.00. The van der Waals surface area contributed by atoms with E-state index in [0.717, 1.165) is 17.7 Å². The van der Waals surface area contributed by atoms with Gasteiger partial charge in [0.15, 0.2) is 0 Å². The molecular formula is C26H23FN2O2. The van der Waals surface area contributed by atoms with Gasteiger partial charge in [0.05, 0.1) is 12.1 Å². The lowest BCUT2D eigenvalue weighted by molar-refractivity contribution is -0.137. The Morgan fingerprint density at radius 1 is 0.806 bits per heavy atom. The summed E-state index contributed by atoms with van der Waals surface area (Å²) in [6.45, 7) is 4.12. The van der Waals surface area contributed by atoms with Gasteiger partial charge in [-0.3, -0.25) is 14.5 Å². The Bertz CT molecular complexity index is 1150. The third kappa shape index (κ3) is 4.26. The Hall–Kier alpha value is -3.73. The van der Waals surface area contributed by atoms with Crippen LogP contribution in [0, 0.1) is 12.7 Å². The maximum absolute atomic E-state index is 13.3. The summed E-state index contributed by atoms with van der Waals surface area (Å²) in [6.07, 6.45) is 0.917. The minimum atomic E-state index is -0.399. The molecule has 3 aromatic rings. The molecule has 0 fully saturated rings. The van der Waals surface area contributed by atoms with Crippen LogP contribution in [-0.4, -0.2) is 16.7 Å². The molecule has 4 rings (SSSR count). The van der Waals surface area contributed by atoms with E-state index in [1.165, 1.54) is 22.6 Å². The first-order valence-corrected chi connectivity index (χ1v) is 10.2. The van der Waals surface area contributed by atoms with Gasteiger partial charge in [-0.15, -0.1) is 0 Å². The van der Waals surface area contributed by atoms with Crippen molar-refractivity contribution in [1.29, 1.82) is 0 Å². The number of halogens is 1. The van der Waals surface area contributed by atoms with Gasteiger partial charge in [0.25, 0.3) is 11.8 Å². The molecule has 2 amide bonds. The van der Waals surface area contributed by atoms with Crippen molar-refractivity contribution in [1.82, 2.24) is 4.90 Å². The number of nitrogens with zero attached hydrogens (tertiary/aromatic N) is 1. The van der Waals surface area contributed by atoms with Crippen LogP contribution >= 0.6 is 0 Å². The van der Waals surface area contributed by atoms with Gasteiger partial charge in [0.1, 0.15) is 11.5 Å². The fourth-order valence-corrected chi connectivity index (χ4v) is 3.56. The normalized spacial score (nSPS) is 13.8. The maximum Gasteiger partial charge on any atom is 0.278 e. The zero-order chi connectivity index (χ0) is 22.0. The first-order valence-electron chi connectivity index (χ1n) is 10.2. The zero-order valence-corrected chi connectivity index (χ0v) is 17.5. The molecule has 4 nitrogen and oxygen atoms in total. The maximum atomic E-state index is 13.3. The number of carbonyl (C=O) groups is 2. The predicted molar refractivity (Wildman–Crippen MR) is 119 cm³/mol. The van der Waals surface area contributed by atoms with Crippen molar-refractivity contribution in [2.24, 2.45) is 0 Å². The third-order valence-corrected chi connectivity index (χ3v) is 5.39. The molecule has 0 saturated carbocycles. The second kappa shape index (κ2) is 8.56. The van der Waals surface area contributed by atoms with Gasteiger partial charge in [-0.25, -0.2) is 4.39 Å². The van der Waals surface area contributed by atoms with Gasteiger partial charge in [-0.1, -0.05) is 61.0 Å². The number of hydrogen-bond donors (Lipinski definition) is 1. The van der Waals surface area contributed by atoms with Crippen molar-refractivity contribution in [3.8, 4) is 0 Å². The van der Waals surface area contributed by atoms with Crippen LogP contribution < -0.4 is 5.32 Å². The summed E-state index contributed by atoms with van der Waals surface area (Å²) < 4.78 is 13.3. The highest BCUT2D eigenvalue weighted by atomic mass is 19.1. The van der Waals surface area contributed by atoms with E-state index in [1.807, 2.05) is 55.5 Å². The number of amides is 2. The van der Waals surface area contributed by atoms with Gasteiger partial charge in [-0.05, 0) is 54.3 Å². The Balaban J connectivity index is 1.71. The summed E-state index contributed by atoms with van der Waals surface area (Å²) in [5, 5.41) is 3.17. The molecule has 0 aliphatic carbocycles. The summed E-state index contributed by atoms with van der Waals surface area (Å²) >= 11 is 0. The highest BCUT2D eigenvalue weighted by Crippen LogP contribution is 2.31. The number of anilines is 1. The van der Waals surface area contributed by atoms with Crippen molar-refractivity contribution in [3.05, 3.63) is 107 Å². The van der Waals surface area contributed by atoms with Crippen molar-refractivity contribution < 1.29 is 14.0 Å². The fraction of sp³-hybridized carbons (Fsp3) is 0.154. The van der Waals surface area contributed by atoms with Crippen LogP contribution in [0.4, 0.5) is 10.1 Å². The SMILES string of the molecule is CCc1ccc(NC2=C(c3ccc(C)cc3)C(=O)N(Cc3ccc(F)cc3)C2=O)cc1. The van der Waals surface area contributed by atoms with Gasteiger partial charge >= 0.3 is 0 Å². The van der Waals surface area contributed by atoms with Crippen molar-refractivity contribution >= 4 is 23.1 Å². The average molecular weight is 414 g/mol. The van der Waals surface area contributed by atoms with Crippen LogP contribution in [0.25, 0.3) is 5.57 Å². The molecule has 0 unspecified atom stereocenters. The molecule has 5 heteroatoms. The second-order valence-electron chi connectivity index (χ2n) is 7.61. The molecule has 156 valence electrons. The number of benzene rings is 3. The van der Waals surface area contributed by atoms with E-state index < -0.39 is 5.91 Å². The standard InChI is InChI=1S/C26H23FN2O2/c1-3-18-8-14-22(15-9-18)28-24-23(20-10-4-17(2)5-11-20)25(30)29(26(24)31)16-19-6-12-21(27)13-7-19/h4-15,28H,3,16H2,1-2H3. The fourth-order valence-electron chi connectivity index (χ4n) is 3.56. The molecule has 0 aromatic heterocycles. The molecule has 1 aliphatic rings. The summed E-state index contributed by atoms with van der Waals surface area (Å²) in [5.41, 5.74) is 4.94. The van der Waals surface area contributed by atoms with Crippen molar-refractivity contribution in [2.75, 3.05) is 5.32 Å². The summed E-state index contributed by atoms with van der Waals surface area (Å²) in [4.78, 5) is 27.8. The molecule has 0 atom stereocenters. The number of hydrogen-bond acceptors (Lipinski definition) is 3. The molecule has 3 aromatic carbocycles. The molecule has 0 saturated heterocycles. The lowest BCUT2D eigenvalue weighted by Gasteiger charge is -2.15. The van der Waals surface area contributed by atoms with E-state index in [-0.39, 0.29) is 24.0 Å². The second-order valence-corrected chi connectivity index (χ2v) is 7.61. The topological polar surface area (TPSA) is 49.4 Å². The molecular weight excluding hydrogens is 391 g/mol. The lowest BCUT2D eigenvalue weighted by atomic mass is 10.0. The van der Waals surface area contributed by atoms with E-state index in [0.29, 0.717) is 16.7 Å². The minimum absolute atomic E-state index is 0.0766. The van der Waals surface area contributed by atoms with Crippen molar-refractivity contribution in [2.45, 2.75) is 26.8 Å². The van der Waals surface area contributed by atoms with E-state index in [4.69, 9.17) is 0 Å². The number of nitrogens with one attached hydrogen (secondary N) is 1. The third-order valence-electron chi connectivity index (χ3n) is 5.39. The number of imide groups is 1. The summed E-state index contributed by atoms with van der Waals surface area (Å²) in [7, 11) is 0. The van der Waals surface area contributed by atoms with Crippen molar-refractivity contribution in [3.63, 3.8) is 0 Å². The number of rotatable bonds is 6. The predicted octanol–water partition coefficient (Wildman–Crippen LogP) is 5.09. The molecule has 0 spiro atoms. The minimum Gasteiger partial charge on any atom is -0.350 e. The summed E-state index contributed by atoms with van der Waals surface area (Å²) in [5.74, 6) is -1.13. The lowest BCUT2D eigenvalue weighted by Crippen LogP contribution is -2.32. The van der Waals surface area contributed by atoms with Gasteiger partial charge in [0, 0.05) is 5.69 Å². The molecule has 1 N–H and O–H groups in total. The van der Waals surface area contributed by atoms with Crippen LogP contribution in [0.5, 0.6) is 0 Å². The summed E-state index contributed by atoms with van der Waals surface area (Å²) in [6, 6.07) is 21.1. The largest absolute Gasteiger partial charge is 0.350 e. The highest BCUT2D eigenvalue weighted by Gasteiger charge is 2.39. The number of aryl methyl sites for hydroxylation is 2. The monoisotopic (exact) mass is 414 g/mol. The van der Waals surface area contributed by atoms with Gasteiger partial charge in [-0.2, -0.15) is 0 Å². The van der Waals surface area contributed by atoms with Crippen LogP contribution in [0.15, 0.2) is 78.5 Å². The van der Waals surface area contributed by atoms with Crippen LogP contribution in [0.1, 0.15) is 29.2 Å². The molecule has 1 heterocycles. The Morgan fingerprint density at radius 2 is 1.42 bits per heavy atom. The number of carbonyl (C=O) groups excluding carboxylic acids is 2. The van der Waals surface area contributed by atoms with Crippen LogP contribution in [0.3, 0.4) is 0 Å². The van der Waals surface area contributed by atoms with E-state index in [2.05, 4.69) is 12.2 Å².